The number of rotatable bonds is 4. The van der Waals surface area contributed by atoms with Gasteiger partial charge in [-0.3, -0.25) is 0 Å². The van der Waals surface area contributed by atoms with Crippen molar-refractivity contribution in [2.45, 2.75) is 6.54 Å². The minimum Gasteiger partial charge on any atom is -0.351 e. The molecule has 0 atom stereocenters. The molecule has 3 aromatic rings. The molecule has 1 heterocycles. The largest absolute Gasteiger partial charge is 0.351 e. The van der Waals surface area contributed by atoms with Gasteiger partial charge in [-0.1, -0.05) is 50.1 Å². The number of hydrogen-bond acceptors (Lipinski definition) is 2. The zero-order valence-corrected chi connectivity index (χ0v) is 15.5. The van der Waals surface area contributed by atoms with Crippen molar-refractivity contribution in [2.75, 3.05) is 5.32 Å². The summed E-state index contributed by atoms with van der Waals surface area (Å²) in [6.07, 6.45) is 1.81. The summed E-state index contributed by atoms with van der Waals surface area (Å²) in [4.78, 5) is 4.39. The van der Waals surface area contributed by atoms with Crippen LogP contribution in [0.3, 0.4) is 0 Å². The van der Waals surface area contributed by atoms with E-state index < -0.39 is 0 Å². The van der Waals surface area contributed by atoms with Gasteiger partial charge in [0.1, 0.15) is 5.82 Å². The van der Waals surface area contributed by atoms with Gasteiger partial charge in [-0.05, 0) is 24.3 Å². The number of nitrogens with one attached hydrogen (secondary N) is 1. The van der Waals surface area contributed by atoms with Gasteiger partial charge in [0.2, 0.25) is 5.95 Å². The molecule has 0 aliphatic rings. The van der Waals surface area contributed by atoms with Crippen molar-refractivity contribution >= 4 is 37.8 Å². The van der Waals surface area contributed by atoms with Crippen LogP contribution < -0.4 is 5.32 Å². The first-order chi connectivity index (χ1) is 11.1. The smallest absolute Gasteiger partial charge is 0.203 e. The van der Waals surface area contributed by atoms with Crippen molar-refractivity contribution in [3.05, 3.63) is 69.0 Å². The van der Waals surface area contributed by atoms with E-state index in [0.717, 1.165) is 20.2 Å². The van der Waals surface area contributed by atoms with Crippen LogP contribution in [0.4, 0.5) is 10.3 Å². The van der Waals surface area contributed by atoms with Crippen molar-refractivity contribution in [3.63, 3.8) is 0 Å². The van der Waals surface area contributed by atoms with E-state index in [4.69, 9.17) is 0 Å². The van der Waals surface area contributed by atoms with Crippen molar-refractivity contribution in [2.24, 2.45) is 7.05 Å². The average molecular weight is 439 g/mol. The SMILES string of the molecule is Cn1c(-c2cccc(Br)c2)cnc1NCc1c(F)cccc1Br. The lowest BCUT2D eigenvalue weighted by Crippen LogP contribution is -2.07. The number of benzene rings is 2. The lowest BCUT2D eigenvalue weighted by atomic mass is 10.2. The monoisotopic (exact) mass is 437 g/mol. The van der Waals surface area contributed by atoms with E-state index in [2.05, 4.69) is 42.2 Å². The number of nitrogens with zero attached hydrogens (tertiary/aromatic N) is 2. The highest BCUT2D eigenvalue weighted by Gasteiger charge is 2.11. The predicted molar refractivity (Wildman–Crippen MR) is 97.8 cm³/mol. The van der Waals surface area contributed by atoms with Crippen LogP contribution >= 0.6 is 31.9 Å². The Morgan fingerprint density at radius 3 is 2.70 bits per heavy atom. The zero-order chi connectivity index (χ0) is 16.4. The molecular formula is C17H14Br2FN3. The first-order valence-corrected chi connectivity index (χ1v) is 8.59. The highest BCUT2D eigenvalue weighted by atomic mass is 79.9. The fraction of sp³-hybridized carbons (Fsp3) is 0.118. The molecule has 3 nitrogen and oxygen atoms in total. The highest BCUT2D eigenvalue weighted by molar-refractivity contribution is 9.10. The molecule has 0 saturated carbocycles. The van der Waals surface area contributed by atoms with E-state index in [-0.39, 0.29) is 5.82 Å². The second-order valence-electron chi connectivity index (χ2n) is 5.09. The molecule has 0 aliphatic carbocycles. The van der Waals surface area contributed by atoms with Gasteiger partial charge >= 0.3 is 0 Å². The van der Waals surface area contributed by atoms with Crippen molar-refractivity contribution in [1.82, 2.24) is 9.55 Å². The van der Waals surface area contributed by atoms with Crippen LogP contribution in [0.1, 0.15) is 5.56 Å². The Morgan fingerprint density at radius 2 is 1.96 bits per heavy atom. The molecule has 0 unspecified atom stereocenters. The van der Waals surface area contributed by atoms with Gasteiger partial charge in [-0.15, -0.1) is 0 Å². The van der Waals surface area contributed by atoms with Gasteiger partial charge in [0.05, 0.1) is 11.9 Å². The molecule has 0 amide bonds. The maximum Gasteiger partial charge on any atom is 0.203 e. The predicted octanol–water partition coefficient (Wildman–Crippen LogP) is 5.36. The molecule has 0 spiro atoms. The van der Waals surface area contributed by atoms with E-state index in [1.54, 1.807) is 12.3 Å². The van der Waals surface area contributed by atoms with Crippen molar-refractivity contribution < 1.29 is 4.39 Å². The van der Waals surface area contributed by atoms with E-state index in [0.29, 0.717) is 18.1 Å². The Kier molecular flexibility index (Phi) is 4.82. The van der Waals surface area contributed by atoms with Gasteiger partial charge in [0.15, 0.2) is 0 Å². The number of imidazole rings is 1. The molecule has 0 aliphatic heterocycles. The van der Waals surface area contributed by atoms with Gasteiger partial charge in [-0.2, -0.15) is 0 Å². The maximum atomic E-state index is 13.9. The molecule has 23 heavy (non-hydrogen) atoms. The zero-order valence-electron chi connectivity index (χ0n) is 12.4. The van der Waals surface area contributed by atoms with Gasteiger partial charge in [-0.25, -0.2) is 9.37 Å². The van der Waals surface area contributed by atoms with E-state index >= 15 is 0 Å². The lowest BCUT2D eigenvalue weighted by molar-refractivity contribution is 0.611. The first-order valence-electron chi connectivity index (χ1n) is 7.00. The van der Waals surface area contributed by atoms with Gasteiger partial charge < -0.3 is 9.88 Å². The fourth-order valence-corrected chi connectivity index (χ4v) is 3.24. The summed E-state index contributed by atoms with van der Waals surface area (Å²) in [6, 6.07) is 13.0. The van der Waals surface area contributed by atoms with Crippen LogP contribution in [0.25, 0.3) is 11.3 Å². The number of aromatic nitrogens is 2. The molecule has 2 aromatic carbocycles. The molecule has 0 radical (unpaired) electrons. The Labute approximate surface area is 150 Å². The minimum absolute atomic E-state index is 0.242. The standard InChI is InChI=1S/C17H14Br2FN3/c1-23-16(11-4-2-5-12(18)8-11)10-22-17(23)21-9-13-14(19)6-3-7-15(13)20/h2-8,10H,9H2,1H3,(H,21,22). The Morgan fingerprint density at radius 1 is 1.17 bits per heavy atom. The minimum atomic E-state index is -0.242. The summed E-state index contributed by atoms with van der Waals surface area (Å²) >= 11 is 6.85. The number of halogens is 3. The topological polar surface area (TPSA) is 29.9 Å². The summed E-state index contributed by atoms with van der Waals surface area (Å²) in [6.45, 7) is 0.357. The molecular weight excluding hydrogens is 425 g/mol. The van der Waals surface area contributed by atoms with E-state index in [9.17, 15) is 4.39 Å². The third kappa shape index (κ3) is 3.48. The summed E-state index contributed by atoms with van der Waals surface area (Å²) in [7, 11) is 1.93. The molecule has 118 valence electrons. The summed E-state index contributed by atoms with van der Waals surface area (Å²) in [5.74, 6) is 0.448. The Hall–Kier alpha value is -1.66. The van der Waals surface area contributed by atoms with E-state index in [1.165, 1.54) is 6.07 Å². The number of hydrogen-bond donors (Lipinski definition) is 1. The van der Waals surface area contributed by atoms with Crippen LogP contribution in [0, 0.1) is 5.82 Å². The summed E-state index contributed by atoms with van der Waals surface area (Å²) in [5.41, 5.74) is 2.63. The highest BCUT2D eigenvalue weighted by Crippen LogP contribution is 2.26. The molecule has 0 fully saturated rings. The molecule has 1 aromatic heterocycles. The van der Waals surface area contributed by atoms with Crippen LogP contribution in [-0.4, -0.2) is 9.55 Å². The van der Waals surface area contributed by atoms with Crippen molar-refractivity contribution in [3.8, 4) is 11.3 Å². The molecule has 1 N–H and O–H groups in total. The van der Waals surface area contributed by atoms with Crippen LogP contribution in [0.15, 0.2) is 57.6 Å². The van der Waals surface area contributed by atoms with Crippen molar-refractivity contribution in [1.29, 1.82) is 0 Å². The van der Waals surface area contributed by atoms with Crippen LogP contribution in [-0.2, 0) is 13.6 Å². The third-order valence-corrected chi connectivity index (χ3v) is 4.83. The quantitative estimate of drug-likeness (QED) is 0.593. The van der Waals surface area contributed by atoms with Crippen LogP contribution in [0.5, 0.6) is 0 Å². The van der Waals surface area contributed by atoms with Gasteiger partial charge in [0, 0.05) is 33.7 Å². The third-order valence-electron chi connectivity index (χ3n) is 3.59. The Balaban J connectivity index is 1.83. The Bertz CT molecular complexity index is 825. The first kappa shape index (κ1) is 16.2. The molecule has 6 heteroatoms. The fourth-order valence-electron chi connectivity index (χ4n) is 2.36. The average Bonchev–Trinajstić information content (AvgIpc) is 2.88. The lowest BCUT2D eigenvalue weighted by Gasteiger charge is -2.10. The van der Waals surface area contributed by atoms with E-state index in [1.807, 2.05) is 41.9 Å². The second kappa shape index (κ2) is 6.84. The second-order valence-corrected chi connectivity index (χ2v) is 6.86. The number of anilines is 1. The van der Waals surface area contributed by atoms with Crippen LogP contribution in [0.2, 0.25) is 0 Å². The normalized spacial score (nSPS) is 10.8. The molecule has 3 rings (SSSR count). The summed E-state index contributed by atoms with van der Waals surface area (Å²) < 4.78 is 17.6. The maximum absolute atomic E-state index is 13.9. The molecule has 0 saturated heterocycles. The summed E-state index contributed by atoms with van der Waals surface area (Å²) in [5, 5.41) is 3.19. The molecule has 0 bridgehead atoms. The van der Waals surface area contributed by atoms with Gasteiger partial charge in [0.25, 0.3) is 0 Å².